The normalized spacial score (nSPS) is 10.6. The van der Waals surface area contributed by atoms with Crippen molar-refractivity contribution in [2.75, 3.05) is 20.2 Å². The molecule has 0 radical (unpaired) electrons. The predicted molar refractivity (Wildman–Crippen MR) is 90.8 cm³/mol. The van der Waals surface area contributed by atoms with Crippen LogP contribution in [0.3, 0.4) is 0 Å². The zero-order valence-electron chi connectivity index (χ0n) is 14.2. The fraction of sp³-hybridized carbons (Fsp3) is 0.444. The molecule has 0 aliphatic carbocycles. The number of hydrogen-bond donors (Lipinski definition) is 0. The Bertz CT molecular complexity index is 637. The van der Waals surface area contributed by atoms with Crippen molar-refractivity contribution in [2.45, 2.75) is 33.2 Å². The molecule has 2 rings (SSSR count). The molecule has 0 fully saturated rings. The molecule has 0 bridgehead atoms. The van der Waals surface area contributed by atoms with E-state index >= 15 is 0 Å². The number of carbonyl (C=O) groups excluding carboxylic acids is 1. The number of aryl methyl sites for hydroxylation is 2. The van der Waals surface area contributed by atoms with Crippen LogP contribution in [0.5, 0.6) is 5.75 Å². The molecule has 0 atom stereocenters. The van der Waals surface area contributed by atoms with Crippen molar-refractivity contribution >= 4 is 5.91 Å². The predicted octanol–water partition coefficient (Wildman–Crippen LogP) is 3.01. The highest BCUT2D eigenvalue weighted by atomic mass is 16.5. The number of rotatable bonds is 8. The summed E-state index contributed by atoms with van der Waals surface area (Å²) in [7, 11) is 1.81. The molecular formula is C18H25N3O2. The molecular weight excluding hydrogens is 290 g/mol. The van der Waals surface area contributed by atoms with Gasteiger partial charge in [0.05, 0.1) is 6.61 Å². The minimum absolute atomic E-state index is 0.00157. The van der Waals surface area contributed by atoms with Crippen LogP contribution in [0.1, 0.15) is 36.3 Å². The largest absolute Gasteiger partial charge is 0.493 e. The van der Waals surface area contributed by atoms with Crippen molar-refractivity contribution in [3.63, 3.8) is 0 Å². The molecule has 5 heteroatoms. The number of aromatic nitrogens is 2. The monoisotopic (exact) mass is 315 g/mol. The van der Waals surface area contributed by atoms with Gasteiger partial charge in [-0.1, -0.05) is 25.1 Å². The lowest BCUT2D eigenvalue weighted by Gasteiger charge is -2.18. The second kappa shape index (κ2) is 8.36. The maximum Gasteiger partial charge on any atom is 0.271 e. The maximum absolute atomic E-state index is 12.4. The van der Waals surface area contributed by atoms with Gasteiger partial charge in [-0.15, -0.1) is 0 Å². The topological polar surface area (TPSA) is 47.4 Å². The Hall–Kier alpha value is -2.30. The fourth-order valence-corrected chi connectivity index (χ4v) is 2.48. The standard InChI is InChI=1S/C18H25N3O2/c1-4-15-9-6-7-10-17(15)23-14-8-13-20(3)18(22)16-11-12-19-21(16)5-2/h6-7,9-12H,4-5,8,13-14H2,1-3H3. The van der Waals surface area contributed by atoms with Gasteiger partial charge in [0.15, 0.2) is 0 Å². The summed E-state index contributed by atoms with van der Waals surface area (Å²) < 4.78 is 7.55. The summed E-state index contributed by atoms with van der Waals surface area (Å²) >= 11 is 0. The lowest BCUT2D eigenvalue weighted by atomic mass is 10.1. The third kappa shape index (κ3) is 4.34. The van der Waals surface area contributed by atoms with Gasteiger partial charge in [0.25, 0.3) is 5.91 Å². The van der Waals surface area contributed by atoms with Gasteiger partial charge in [0, 0.05) is 26.3 Å². The summed E-state index contributed by atoms with van der Waals surface area (Å²) in [6.45, 7) is 6.04. The van der Waals surface area contributed by atoms with Crippen LogP contribution in [0.4, 0.5) is 0 Å². The van der Waals surface area contributed by atoms with E-state index in [0.717, 1.165) is 18.6 Å². The Kier molecular flexibility index (Phi) is 6.20. The van der Waals surface area contributed by atoms with E-state index in [4.69, 9.17) is 4.74 Å². The first-order valence-electron chi connectivity index (χ1n) is 8.15. The molecule has 0 saturated carbocycles. The van der Waals surface area contributed by atoms with E-state index in [2.05, 4.69) is 18.1 Å². The number of ether oxygens (including phenoxy) is 1. The van der Waals surface area contributed by atoms with Crippen LogP contribution in [-0.2, 0) is 13.0 Å². The van der Waals surface area contributed by atoms with Crippen molar-refractivity contribution in [1.82, 2.24) is 14.7 Å². The molecule has 0 aliphatic heterocycles. The minimum Gasteiger partial charge on any atom is -0.493 e. The molecule has 0 spiro atoms. The molecule has 124 valence electrons. The number of amides is 1. The van der Waals surface area contributed by atoms with Gasteiger partial charge in [-0.3, -0.25) is 9.48 Å². The van der Waals surface area contributed by atoms with Crippen molar-refractivity contribution in [1.29, 1.82) is 0 Å². The van der Waals surface area contributed by atoms with E-state index in [1.807, 2.05) is 32.2 Å². The van der Waals surface area contributed by atoms with Crippen LogP contribution in [0.2, 0.25) is 0 Å². The minimum atomic E-state index is -0.00157. The van der Waals surface area contributed by atoms with Crippen LogP contribution in [0, 0.1) is 0 Å². The van der Waals surface area contributed by atoms with Gasteiger partial charge in [-0.2, -0.15) is 5.10 Å². The lowest BCUT2D eigenvalue weighted by Crippen LogP contribution is -2.30. The number of carbonyl (C=O) groups is 1. The highest BCUT2D eigenvalue weighted by Crippen LogP contribution is 2.18. The number of nitrogens with zero attached hydrogens (tertiary/aromatic N) is 3. The number of para-hydroxylation sites is 1. The molecule has 2 aromatic rings. The summed E-state index contributed by atoms with van der Waals surface area (Å²) in [6, 6.07) is 9.84. The average molecular weight is 315 g/mol. The quantitative estimate of drug-likeness (QED) is 0.704. The zero-order chi connectivity index (χ0) is 16.7. The average Bonchev–Trinajstić information content (AvgIpc) is 3.06. The van der Waals surface area contributed by atoms with Crippen LogP contribution >= 0.6 is 0 Å². The molecule has 1 heterocycles. The van der Waals surface area contributed by atoms with E-state index in [-0.39, 0.29) is 5.91 Å². The molecule has 23 heavy (non-hydrogen) atoms. The summed E-state index contributed by atoms with van der Waals surface area (Å²) in [4.78, 5) is 14.1. The van der Waals surface area contributed by atoms with E-state index < -0.39 is 0 Å². The van der Waals surface area contributed by atoms with Crippen LogP contribution in [0.25, 0.3) is 0 Å². The molecule has 0 unspecified atom stereocenters. The molecule has 1 amide bonds. The maximum atomic E-state index is 12.4. The fourth-order valence-electron chi connectivity index (χ4n) is 2.48. The number of benzene rings is 1. The third-order valence-corrected chi connectivity index (χ3v) is 3.83. The second-order valence-electron chi connectivity index (χ2n) is 5.42. The Morgan fingerprint density at radius 1 is 1.26 bits per heavy atom. The van der Waals surface area contributed by atoms with Crippen molar-refractivity contribution < 1.29 is 9.53 Å². The zero-order valence-corrected chi connectivity index (χ0v) is 14.2. The summed E-state index contributed by atoms with van der Waals surface area (Å²) in [5.74, 6) is 0.936. The van der Waals surface area contributed by atoms with Gasteiger partial charge in [-0.25, -0.2) is 0 Å². The highest BCUT2D eigenvalue weighted by Gasteiger charge is 2.15. The first-order chi connectivity index (χ1) is 11.2. The Morgan fingerprint density at radius 3 is 2.78 bits per heavy atom. The lowest BCUT2D eigenvalue weighted by molar-refractivity contribution is 0.0775. The molecule has 0 N–H and O–H groups in total. The van der Waals surface area contributed by atoms with E-state index in [0.29, 0.717) is 25.4 Å². The van der Waals surface area contributed by atoms with Crippen molar-refractivity contribution in [3.8, 4) is 5.75 Å². The summed E-state index contributed by atoms with van der Waals surface area (Å²) in [5.41, 5.74) is 1.84. The highest BCUT2D eigenvalue weighted by molar-refractivity contribution is 5.92. The van der Waals surface area contributed by atoms with Gasteiger partial charge in [0.2, 0.25) is 0 Å². The molecule has 5 nitrogen and oxygen atoms in total. The van der Waals surface area contributed by atoms with Crippen LogP contribution in [0.15, 0.2) is 36.5 Å². The second-order valence-corrected chi connectivity index (χ2v) is 5.42. The van der Waals surface area contributed by atoms with E-state index in [9.17, 15) is 4.79 Å². The third-order valence-electron chi connectivity index (χ3n) is 3.83. The van der Waals surface area contributed by atoms with Gasteiger partial charge in [-0.05, 0) is 37.5 Å². The Morgan fingerprint density at radius 2 is 2.04 bits per heavy atom. The number of hydrogen-bond acceptors (Lipinski definition) is 3. The Labute approximate surface area is 137 Å². The smallest absolute Gasteiger partial charge is 0.271 e. The van der Waals surface area contributed by atoms with Crippen molar-refractivity contribution in [3.05, 3.63) is 47.8 Å². The van der Waals surface area contributed by atoms with Gasteiger partial charge in [0.1, 0.15) is 11.4 Å². The molecule has 0 saturated heterocycles. The van der Waals surface area contributed by atoms with Crippen LogP contribution in [-0.4, -0.2) is 40.8 Å². The SMILES string of the molecule is CCc1ccccc1OCCCN(C)C(=O)c1ccnn1CC. The first kappa shape index (κ1) is 17.1. The van der Waals surface area contributed by atoms with E-state index in [1.165, 1.54) is 5.56 Å². The molecule has 0 aliphatic rings. The van der Waals surface area contributed by atoms with Crippen molar-refractivity contribution in [2.24, 2.45) is 0 Å². The van der Waals surface area contributed by atoms with E-state index in [1.54, 1.807) is 21.8 Å². The molecule has 1 aromatic heterocycles. The van der Waals surface area contributed by atoms with Crippen LogP contribution < -0.4 is 4.74 Å². The first-order valence-corrected chi connectivity index (χ1v) is 8.15. The van der Waals surface area contributed by atoms with Gasteiger partial charge < -0.3 is 9.64 Å². The molecule has 1 aromatic carbocycles. The summed E-state index contributed by atoms with van der Waals surface area (Å²) in [5, 5.41) is 4.14. The van der Waals surface area contributed by atoms with Gasteiger partial charge >= 0.3 is 0 Å². The summed E-state index contributed by atoms with van der Waals surface area (Å²) in [6.07, 6.45) is 3.41. The Balaban J connectivity index is 1.81.